The molecule has 0 radical (unpaired) electrons. The fraction of sp³-hybridized carbons (Fsp3) is 0.667. The monoisotopic (exact) mass is 178 g/mol. The molecule has 0 aliphatic heterocycles. The van der Waals surface area contributed by atoms with Gasteiger partial charge in [0, 0.05) is 0 Å². The Hall–Kier alpha value is -1.14. The normalized spacial score (nSPS) is 9.42. The largest absolute Gasteiger partial charge is 0.480 e. The van der Waals surface area contributed by atoms with E-state index in [9.17, 15) is 9.59 Å². The highest BCUT2D eigenvalue weighted by Crippen LogP contribution is 1.81. The lowest BCUT2D eigenvalue weighted by atomic mass is 10.7. The summed E-state index contributed by atoms with van der Waals surface area (Å²) in [5.74, 6) is -1.84. The van der Waals surface area contributed by atoms with Crippen molar-refractivity contribution in [3.8, 4) is 0 Å². The van der Waals surface area contributed by atoms with Crippen LogP contribution in [-0.2, 0) is 19.1 Å². The number of aliphatic hydroxyl groups is 1. The van der Waals surface area contributed by atoms with E-state index in [1.54, 1.807) is 0 Å². The predicted molar refractivity (Wildman–Crippen MR) is 36.5 cm³/mol. The van der Waals surface area contributed by atoms with Crippen molar-refractivity contribution in [1.82, 2.24) is 0 Å². The van der Waals surface area contributed by atoms with Crippen LogP contribution in [0.4, 0.5) is 0 Å². The molecule has 0 aromatic carbocycles. The quantitative estimate of drug-likeness (QED) is 0.487. The molecule has 6 nitrogen and oxygen atoms in total. The Labute approximate surface area is 68.7 Å². The number of carboxylic acids is 1. The van der Waals surface area contributed by atoms with Crippen molar-refractivity contribution in [1.29, 1.82) is 0 Å². The lowest BCUT2D eigenvalue weighted by Crippen LogP contribution is -2.17. The Balaban J connectivity index is 3.25. The van der Waals surface area contributed by atoms with E-state index in [4.69, 9.17) is 10.2 Å². The molecule has 0 spiro atoms. The topological polar surface area (TPSA) is 93.1 Å². The van der Waals surface area contributed by atoms with E-state index >= 15 is 0 Å². The van der Waals surface area contributed by atoms with Crippen molar-refractivity contribution < 1.29 is 29.3 Å². The molecule has 0 fully saturated rings. The summed E-state index contributed by atoms with van der Waals surface area (Å²) in [4.78, 5) is 20.4. The summed E-state index contributed by atoms with van der Waals surface area (Å²) < 4.78 is 8.76. The van der Waals surface area contributed by atoms with Gasteiger partial charge < -0.3 is 19.7 Å². The van der Waals surface area contributed by atoms with Crippen LogP contribution >= 0.6 is 0 Å². The number of aliphatic hydroxyl groups excluding tert-OH is 1. The Morgan fingerprint density at radius 1 is 1.25 bits per heavy atom. The molecule has 0 rings (SSSR count). The van der Waals surface area contributed by atoms with Gasteiger partial charge in [0.05, 0.1) is 6.61 Å². The zero-order valence-corrected chi connectivity index (χ0v) is 6.36. The Morgan fingerprint density at radius 3 is 2.42 bits per heavy atom. The maximum Gasteiger partial charge on any atom is 0.332 e. The third kappa shape index (κ3) is 6.97. The van der Waals surface area contributed by atoms with Gasteiger partial charge >= 0.3 is 11.9 Å². The molecule has 0 bridgehead atoms. The van der Waals surface area contributed by atoms with Crippen LogP contribution in [0, 0.1) is 0 Å². The lowest BCUT2D eigenvalue weighted by molar-refractivity contribution is -0.153. The van der Waals surface area contributed by atoms with Crippen LogP contribution in [0.25, 0.3) is 0 Å². The highest BCUT2D eigenvalue weighted by Gasteiger charge is 2.03. The number of carboxylic acid groups (broad SMARTS) is 1. The molecule has 0 saturated carbocycles. The smallest absolute Gasteiger partial charge is 0.332 e. The molecule has 6 heteroatoms. The molecule has 0 saturated heterocycles. The van der Waals surface area contributed by atoms with Crippen molar-refractivity contribution >= 4 is 11.9 Å². The number of hydrogen-bond donors (Lipinski definition) is 2. The molecule has 0 unspecified atom stereocenters. The first kappa shape index (κ1) is 10.9. The van der Waals surface area contributed by atoms with Crippen molar-refractivity contribution in [3.63, 3.8) is 0 Å². The maximum atomic E-state index is 10.5. The average Bonchev–Trinajstić information content (AvgIpc) is 2.00. The summed E-state index contributed by atoms with van der Waals surface area (Å²) in [5.41, 5.74) is 0. The zero-order valence-electron chi connectivity index (χ0n) is 6.36. The number of carbonyl (C=O) groups excluding carboxylic acids is 1. The molecular weight excluding hydrogens is 168 g/mol. The van der Waals surface area contributed by atoms with Crippen LogP contribution in [0.1, 0.15) is 0 Å². The first-order valence-corrected chi connectivity index (χ1v) is 3.23. The summed E-state index contributed by atoms with van der Waals surface area (Å²) in [5, 5.41) is 16.3. The number of rotatable bonds is 6. The SMILES string of the molecule is O=C(O)COCC(=O)OCCO. The van der Waals surface area contributed by atoms with Crippen LogP contribution < -0.4 is 0 Å². The van der Waals surface area contributed by atoms with Gasteiger partial charge in [0.15, 0.2) is 0 Å². The second-order valence-electron chi connectivity index (χ2n) is 1.83. The molecule has 70 valence electrons. The molecule has 0 atom stereocenters. The fourth-order valence-electron chi connectivity index (χ4n) is 0.423. The minimum absolute atomic E-state index is 0.102. The molecule has 12 heavy (non-hydrogen) atoms. The van der Waals surface area contributed by atoms with Crippen LogP contribution in [0.15, 0.2) is 0 Å². The summed E-state index contributed by atoms with van der Waals surface area (Å²) in [6, 6.07) is 0. The Morgan fingerprint density at radius 2 is 1.92 bits per heavy atom. The first-order valence-electron chi connectivity index (χ1n) is 3.23. The molecule has 0 aliphatic carbocycles. The van der Waals surface area contributed by atoms with Crippen LogP contribution in [-0.4, -0.2) is 48.6 Å². The third-order valence-electron chi connectivity index (χ3n) is 0.800. The second kappa shape index (κ2) is 6.56. The van der Waals surface area contributed by atoms with Gasteiger partial charge in [-0.2, -0.15) is 0 Å². The maximum absolute atomic E-state index is 10.5. The molecule has 0 aromatic heterocycles. The first-order chi connectivity index (χ1) is 5.66. The van der Waals surface area contributed by atoms with Crippen LogP contribution in [0.2, 0.25) is 0 Å². The molecule has 0 heterocycles. The standard InChI is InChI=1S/C6H10O6/c7-1-2-12-6(10)4-11-3-5(8)9/h7H,1-4H2,(H,8,9). The Kier molecular flexibility index (Phi) is 5.94. The van der Waals surface area contributed by atoms with Crippen LogP contribution in [0.3, 0.4) is 0 Å². The highest BCUT2D eigenvalue weighted by atomic mass is 16.6. The highest BCUT2D eigenvalue weighted by molar-refractivity contribution is 5.72. The van der Waals surface area contributed by atoms with Gasteiger partial charge in [-0.25, -0.2) is 9.59 Å². The van der Waals surface area contributed by atoms with Crippen molar-refractivity contribution in [2.24, 2.45) is 0 Å². The average molecular weight is 178 g/mol. The number of hydrogen-bond acceptors (Lipinski definition) is 5. The molecule has 0 amide bonds. The number of aliphatic carboxylic acids is 1. The predicted octanol–water partition coefficient (Wildman–Crippen LogP) is -1.38. The van der Waals surface area contributed by atoms with Gasteiger partial charge in [-0.1, -0.05) is 0 Å². The van der Waals surface area contributed by atoms with Gasteiger partial charge in [0.1, 0.15) is 19.8 Å². The van der Waals surface area contributed by atoms with Gasteiger partial charge in [0.25, 0.3) is 0 Å². The minimum Gasteiger partial charge on any atom is -0.480 e. The van der Waals surface area contributed by atoms with E-state index in [0.717, 1.165) is 0 Å². The summed E-state index contributed by atoms with van der Waals surface area (Å²) >= 11 is 0. The Bertz CT molecular complexity index is 154. The summed E-state index contributed by atoms with van der Waals surface area (Å²) in [6.45, 7) is -1.31. The zero-order chi connectivity index (χ0) is 9.40. The third-order valence-corrected chi connectivity index (χ3v) is 0.800. The molecular formula is C6H10O6. The molecule has 0 aromatic rings. The van der Waals surface area contributed by atoms with Crippen molar-refractivity contribution in [2.45, 2.75) is 0 Å². The van der Waals surface area contributed by atoms with E-state index in [-0.39, 0.29) is 13.2 Å². The second-order valence-corrected chi connectivity index (χ2v) is 1.83. The van der Waals surface area contributed by atoms with Crippen molar-refractivity contribution in [3.05, 3.63) is 0 Å². The van der Waals surface area contributed by atoms with E-state index < -0.39 is 25.2 Å². The van der Waals surface area contributed by atoms with Crippen molar-refractivity contribution in [2.75, 3.05) is 26.4 Å². The number of ether oxygens (including phenoxy) is 2. The summed E-state index contributed by atoms with van der Waals surface area (Å²) in [7, 11) is 0. The minimum atomic E-state index is -1.15. The molecule has 0 aliphatic rings. The van der Waals surface area contributed by atoms with E-state index in [1.165, 1.54) is 0 Å². The van der Waals surface area contributed by atoms with Gasteiger partial charge in [0.2, 0.25) is 0 Å². The fourth-order valence-corrected chi connectivity index (χ4v) is 0.423. The van der Waals surface area contributed by atoms with E-state index in [1.807, 2.05) is 0 Å². The summed E-state index contributed by atoms with van der Waals surface area (Å²) in [6.07, 6.45) is 0. The van der Waals surface area contributed by atoms with Gasteiger partial charge in [-0.3, -0.25) is 0 Å². The van der Waals surface area contributed by atoms with E-state index in [2.05, 4.69) is 9.47 Å². The van der Waals surface area contributed by atoms with E-state index in [0.29, 0.717) is 0 Å². The number of carbonyl (C=O) groups is 2. The molecule has 2 N–H and O–H groups in total. The number of esters is 1. The van der Waals surface area contributed by atoms with Crippen LogP contribution in [0.5, 0.6) is 0 Å². The lowest BCUT2D eigenvalue weighted by Gasteiger charge is -2.01. The van der Waals surface area contributed by atoms with Gasteiger partial charge in [-0.05, 0) is 0 Å². The van der Waals surface area contributed by atoms with Gasteiger partial charge in [-0.15, -0.1) is 0 Å².